The van der Waals surface area contributed by atoms with E-state index in [1.54, 1.807) is 0 Å². The third-order valence-electron chi connectivity index (χ3n) is 3.84. The van der Waals surface area contributed by atoms with Gasteiger partial charge in [-0.25, -0.2) is 0 Å². The number of aryl methyl sites for hydroxylation is 1. The summed E-state index contributed by atoms with van der Waals surface area (Å²) in [7, 11) is 0. The fraction of sp³-hybridized carbons (Fsp3) is 0.438. The van der Waals surface area contributed by atoms with Crippen molar-refractivity contribution in [2.45, 2.75) is 45.7 Å². The van der Waals surface area contributed by atoms with Crippen LogP contribution in [0.2, 0.25) is 0 Å². The molecule has 0 atom stereocenters. The second-order valence-corrected chi connectivity index (χ2v) is 5.61. The molecule has 22 heavy (non-hydrogen) atoms. The summed E-state index contributed by atoms with van der Waals surface area (Å²) in [6, 6.07) is 7.66. The fourth-order valence-corrected chi connectivity index (χ4v) is 2.73. The van der Waals surface area contributed by atoms with Crippen molar-refractivity contribution in [3.05, 3.63) is 35.9 Å². The molecule has 0 radical (unpaired) electrons. The molecule has 6 heteroatoms. The predicted octanol–water partition coefficient (Wildman–Crippen LogP) is 2.58. The van der Waals surface area contributed by atoms with Crippen molar-refractivity contribution in [2.75, 3.05) is 10.6 Å². The molecule has 6 nitrogen and oxygen atoms in total. The third-order valence-corrected chi connectivity index (χ3v) is 3.84. The highest BCUT2D eigenvalue weighted by atomic mass is 16.1. The van der Waals surface area contributed by atoms with E-state index in [9.17, 15) is 4.79 Å². The second-order valence-electron chi connectivity index (χ2n) is 5.61. The standard InChI is InChI=1S/C16H21N5O/c1-12(22)18-14-8-6-13(7-9-14)17-11-16-20-19-15-5-3-2-4-10-21(15)16/h6-9,17H,2-5,10-11H2,1H3,(H,18,22). The maximum Gasteiger partial charge on any atom is 0.221 e. The summed E-state index contributed by atoms with van der Waals surface area (Å²) < 4.78 is 2.24. The van der Waals surface area contributed by atoms with E-state index in [1.807, 2.05) is 24.3 Å². The van der Waals surface area contributed by atoms with Gasteiger partial charge in [-0.3, -0.25) is 4.79 Å². The van der Waals surface area contributed by atoms with Crippen LogP contribution >= 0.6 is 0 Å². The SMILES string of the molecule is CC(=O)Nc1ccc(NCc2nnc3n2CCCCC3)cc1. The Labute approximate surface area is 129 Å². The van der Waals surface area contributed by atoms with Gasteiger partial charge < -0.3 is 15.2 Å². The van der Waals surface area contributed by atoms with Gasteiger partial charge in [-0.15, -0.1) is 10.2 Å². The van der Waals surface area contributed by atoms with E-state index in [0.717, 1.165) is 36.0 Å². The first-order valence-electron chi connectivity index (χ1n) is 7.75. The smallest absolute Gasteiger partial charge is 0.221 e. The maximum atomic E-state index is 11.0. The molecule has 2 N–H and O–H groups in total. The van der Waals surface area contributed by atoms with Gasteiger partial charge in [-0.2, -0.15) is 0 Å². The van der Waals surface area contributed by atoms with E-state index in [4.69, 9.17) is 0 Å². The Kier molecular flexibility index (Phi) is 4.37. The first-order chi connectivity index (χ1) is 10.7. The van der Waals surface area contributed by atoms with Gasteiger partial charge in [0.15, 0.2) is 5.82 Å². The lowest BCUT2D eigenvalue weighted by Crippen LogP contribution is -2.10. The minimum Gasteiger partial charge on any atom is -0.378 e. The van der Waals surface area contributed by atoms with Gasteiger partial charge in [0, 0.05) is 31.3 Å². The molecule has 0 bridgehead atoms. The Morgan fingerprint density at radius 1 is 1.14 bits per heavy atom. The summed E-state index contributed by atoms with van der Waals surface area (Å²) in [5, 5.41) is 14.7. The average molecular weight is 299 g/mol. The zero-order valence-corrected chi connectivity index (χ0v) is 12.8. The van der Waals surface area contributed by atoms with Crippen LogP contribution in [0, 0.1) is 0 Å². The Morgan fingerprint density at radius 2 is 1.91 bits per heavy atom. The van der Waals surface area contributed by atoms with Crippen LogP contribution in [0.25, 0.3) is 0 Å². The normalized spacial score (nSPS) is 14.0. The first-order valence-corrected chi connectivity index (χ1v) is 7.75. The second kappa shape index (κ2) is 6.60. The lowest BCUT2D eigenvalue weighted by molar-refractivity contribution is -0.114. The number of nitrogens with zero attached hydrogens (tertiary/aromatic N) is 3. The molecule has 3 rings (SSSR count). The van der Waals surface area contributed by atoms with Crippen molar-refractivity contribution in [1.29, 1.82) is 0 Å². The Morgan fingerprint density at radius 3 is 2.68 bits per heavy atom. The highest BCUT2D eigenvalue weighted by molar-refractivity contribution is 5.88. The van der Waals surface area contributed by atoms with Gasteiger partial charge in [0.05, 0.1) is 6.54 Å². The van der Waals surface area contributed by atoms with Crippen LogP contribution in [0.1, 0.15) is 37.8 Å². The molecule has 0 unspecified atom stereocenters. The summed E-state index contributed by atoms with van der Waals surface area (Å²) in [6.45, 7) is 3.18. The summed E-state index contributed by atoms with van der Waals surface area (Å²) in [5.74, 6) is 2.03. The number of amides is 1. The van der Waals surface area contributed by atoms with Crippen LogP contribution in [-0.2, 0) is 24.3 Å². The number of anilines is 2. The Bertz CT molecular complexity index is 647. The molecule has 0 saturated carbocycles. The average Bonchev–Trinajstić information content (AvgIpc) is 2.73. The number of carbonyl (C=O) groups excluding carboxylic acids is 1. The van der Waals surface area contributed by atoms with Crippen molar-refractivity contribution in [1.82, 2.24) is 14.8 Å². The molecule has 1 aromatic carbocycles. The fourth-order valence-electron chi connectivity index (χ4n) is 2.73. The van der Waals surface area contributed by atoms with Gasteiger partial charge in [0.2, 0.25) is 5.91 Å². The number of benzene rings is 1. The number of rotatable bonds is 4. The van der Waals surface area contributed by atoms with Crippen molar-refractivity contribution in [2.24, 2.45) is 0 Å². The molecular formula is C16H21N5O. The molecule has 1 aliphatic rings. The van der Waals surface area contributed by atoms with E-state index < -0.39 is 0 Å². The van der Waals surface area contributed by atoms with Gasteiger partial charge in [0.25, 0.3) is 0 Å². The molecule has 0 fully saturated rings. The predicted molar refractivity (Wildman–Crippen MR) is 85.6 cm³/mol. The van der Waals surface area contributed by atoms with Crippen LogP contribution in [0.3, 0.4) is 0 Å². The van der Waals surface area contributed by atoms with Gasteiger partial charge in [0.1, 0.15) is 5.82 Å². The van der Waals surface area contributed by atoms with Crippen molar-refractivity contribution in [3.63, 3.8) is 0 Å². The van der Waals surface area contributed by atoms with Gasteiger partial charge in [-0.1, -0.05) is 6.42 Å². The highest BCUT2D eigenvalue weighted by Crippen LogP contribution is 2.17. The minimum atomic E-state index is -0.0631. The number of hydrogen-bond donors (Lipinski definition) is 2. The number of hydrogen-bond acceptors (Lipinski definition) is 4. The van der Waals surface area contributed by atoms with Gasteiger partial charge >= 0.3 is 0 Å². The van der Waals surface area contributed by atoms with E-state index in [1.165, 1.54) is 26.2 Å². The molecule has 1 amide bonds. The zero-order chi connectivity index (χ0) is 15.4. The van der Waals surface area contributed by atoms with Crippen molar-refractivity contribution < 1.29 is 4.79 Å². The molecule has 0 saturated heterocycles. The van der Waals surface area contributed by atoms with Crippen LogP contribution in [0.5, 0.6) is 0 Å². The molecule has 1 aromatic heterocycles. The third kappa shape index (κ3) is 3.44. The van der Waals surface area contributed by atoms with E-state index in [0.29, 0.717) is 6.54 Å². The topological polar surface area (TPSA) is 71.8 Å². The molecule has 116 valence electrons. The monoisotopic (exact) mass is 299 g/mol. The zero-order valence-electron chi connectivity index (χ0n) is 12.8. The van der Waals surface area contributed by atoms with Crippen LogP contribution < -0.4 is 10.6 Å². The summed E-state index contributed by atoms with van der Waals surface area (Å²) >= 11 is 0. The quantitative estimate of drug-likeness (QED) is 0.910. The number of aromatic nitrogens is 3. The molecule has 0 spiro atoms. The molecule has 0 aliphatic carbocycles. The van der Waals surface area contributed by atoms with Crippen LogP contribution in [-0.4, -0.2) is 20.7 Å². The molecular weight excluding hydrogens is 278 g/mol. The maximum absolute atomic E-state index is 11.0. The summed E-state index contributed by atoms with van der Waals surface area (Å²) in [4.78, 5) is 11.0. The van der Waals surface area contributed by atoms with E-state index in [-0.39, 0.29) is 5.91 Å². The number of nitrogens with one attached hydrogen (secondary N) is 2. The lowest BCUT2D eigenvalue weighted by Gasteiger charge is -2.09. The summed E-state index contributed by atoms with van der Waals surface area (Å²) in [6.07, 6.45) is 4.69. The molecule has 2 aromatic rings. The Hall–Kier alpha value is -2.37. The summed E-state index contributed by atoms with van der Waals surface area (Å²) in [5.41, 5.74) is 1.80. The van der Waals surface area contributed by atoms with Crippen molar-refractivity contribution >= 4 is 17.3 Å². The van der Waals surface area contributed by atoms with Crippen LogP contribution in [0.4, 0.5) is 11.4 Å². The molecule has 1 aliphatic heterocycles. The van der Waals surface area contributed by atoms with Crippen molar-refractivity contribution in [3.8, 4) is 0 Å². The minimum absolute atomic E-state index is 0.0631. The van der Waals surface area contributed by atoms with Crippen LogP contribution in [0.15, 0.2) is 24.3 Å². The van der Waals surface area contributed by atoms with Gasteiger partial charge in [-0.05, 0) is 37.1 Å². The molecule has 2 heterocycles. The van der Waals surface area contributed by atoms with E-state index in [2.05, 4.69) is 25.4 Å². The first kappa shape index (κ1) is 14.6. The number of fused-ring (bicyclic) bond motifs is 1. The Balaban J connectivity index is 1.63. The highest BCUT2D eigenvalue weighted by Gasteiger charge is 2.14. The van der Waals surface area contributed by atoms with E-state index >= 15 is 0 Å². The largest absolute Gasteiger partial charge is 0.378 e. The number of carbonyl (C=O) groups is 1. The lowest BCUT2D eigenvalue weighted by atomic mass is 10.2.